The number of carbonyl (C=O) groups excluding carboxylic acids is 1. The van der Waals surface area contributed by atoms with E-state index in [2.05, 4.69) is 0 Å². The molecule has 1 amide bonds. The number of amides is 1. The predicted molar refractivity (Wildman–Crippen MR) is 137 cm³/mol. The van der Waals surface area contributed by atoms with Crippen molar-refractivity contribution >= 4 is 42.6 Å². The Morgan fingerprint density at radius 1 is 1.11 bits per heavy atom. The van der Waals surface area contributed by atoms with Gasteiger partial charge in [0.25, 0.3) is 0 Å². The van der Waals surface area contributed by atoms with Crippen molar-refractivity contribution in [3.8, 4) is 0 Å². The standard InChI is InChI=1S/C26H26FN3O4S2/c1-17-9-10-18(2)24-23(17)28-26(35-24)30(16-20-6-5-15-34-20)25(31)19-11-13-29(14-12-19)36(32,33)22-8-4-3-7-21(22)27/h3-10,15,19H,11-14,16H2,1-2H3. The highest BCUT2D eigenvalue weighted by atomic mass is 32.2. The van der Waals surface area contributed by atoms with Crippen molar-refractivity contribution in [2.75, 3.05) is 18.0 Å². The zero-order chi connectivity index (χ0) is 25.4. The summed E-state index contributed by atoms with van der Waals surface area (Å²) in [4.78, 5) is 19.9. The number of nitrogens with zero attached hydrogens (tertiary/aromatic N) is 3. The minimum Gasteiger partial charge on any atom is -0.467 e. The molecule has 0 saturated carbocycles. The number of aromatic nitrogens is 1. The van der Waals surface area contributed by atoms with Crippen LogP contribution in [0.25, 0.3) is 10.2 Å². The first-order valence-electron chi connectivity index (χ1n) is 11.7. The highest BCUT2D eigenvalue weighted by Crippen LogP contribution is 2.36. The number of thiazole rings is 1. The number of anilines is 1. The average Bonchev–Trinajstić information content (AvgIpc) is 3.55. The van der Waals surface area contributed by atoms with Crippen LogP contribution in [0.2, 0.25) is 0 Å². The molecule has 3 heterocycles. The van der Waals surface area contributed by atoms with Crippen LogP contribution in [-0.4, -0.2) is 36.7 Å². The van der Waals surface area contributed by atoms with Gasteiger partial charge in [0, 0.05) is 19.0 Å². The predicted octanol–water partition coefficient (Wildman–Crippen LogP) is 5.28. The zero-order valence-corrected chi connectivity index (χ0v) is 21.6. The topological polar surface area (TPSA) is 83.7 Å². The van der Waals surface area contributed by atoms with E-state index in [1.54, 1.807) is 17.2 Å². The molecule has 0 radical (unpaired) electrons. The van der Waals surface area contributed by atoms with Crippen molar-refractivity contribution < 1.29 is 22.0 Å². The van der Waals surface area contributed by atoms with E-state index in [9.17, 15) is 17.6 Å². The smallest absolute Gasteiger partial charge is 0.245 e. The van der Waals surface area contributed by atoms with E-state index in [1.807, 2.05) is 32.0 Å². The van der Waals surface area contributed by atoms with Gasteiger partial charge < -0.3 is 4.42 Å². The summed E-state index contributed by atoms with van der Waals surface area (Å²) in [6, 6.07) is 13.0. The molecule has 10 heteroatoms. The van der Waals surface area contributed by atoms with Gasteiger partial charge in [-0.1, -0.05) is 35.6 Å². The maximum atomic E-state index is 14.2. The molecule has 5 rings (SSSR count). The van der Waals surface area contributed by atoms with E-state index in [1.165, 1.54) is 33.8 Å². The monoisotopic (exact) mass is 527 g/mol. The third-order valence-electron chi connectivity index (χ3n) is 6.58. The fourth-order valence-corrected chi connectivity index (χ4v) is 7.17. The lowest BCUT2D eigenvalue weighted by atomic mass is 9.96. The van der Waals surface area contributed by atoms with Crippen LogP contribution in [0.5, 0.6) is 0 Å². The van der Waals surface area contributed by atoms with Crippen molar-refractivity contribution in [1.82, 2.24) is 9.29 Å². The van der Waals surface area contributed by atoms with Gasteiger partial charge in [-0.05, 0) is 62.1 Å². The molecule has 0 unspecified atom stereocenters. The minimum absolute atomic E-state index is 0.122. The number of piperidine rings is 1. The summed E-state index contributed by atoms with van der Waals surface area (Å²) >= 11 is 1.47. The third-order valence-corrected chi connectivity index (χ3v) is 9.73. The molecule has 0 atom stereocenters. The summed E-state index contributed by atoms with van der Waals surface area (Å²) < 4.78 is 48.0. The number of furan rings is 1. The summed E-state index contributed by atoms with van der Waals surface area (Å²) in [5, 5.41) is 0.588. The first-order valence-corrected chi connectivity index (χ1v) is 14.0. The first kappa shape index (κ1) is 24.6. The SMILES string of the molecule is Cc1ccc(C)c2sc(N(Cc3ccco3)C(=O)C3CCN(S(=O)(=O)c4ccccc4F)CC3)nc12. The summed E-state index contributed by atoms with van der Waals surface area (Å²) in [5.74, 6) is -0.651. The molecule has 0 N–H and O–H groups in total. The molecule has 1 fully saturated rings. The Bertz CT molecular complexity index is 1470. The largest absolute Gasteiger partial charge is 0.467 e. The zero-order valence-electron chi connectivity index (χ0n) is 20.0. The van der Waals surface area contributed by atoms with Crippen LogP contribution in [0, 0.1) is 25.6 Å². The van der Waals surface area contributed by atoms with E-state index in [0.717, 1.165) is 27.4 Å². The van der Waals surface area contributed by atoms with E-state index in [-0.39, 0.29) is 36.4 Å². The maximum Gasteiger partial charge on any atom is 0.245 e. The van der Waals surface area contributed by atoms with Gasteiger partial charge in [-0.3, -0.25) is 9.69 Å². The Balaban J connectivity index is 1.39. The summed E-state index contributed by atoms with van der Waals surface area (Å²) in [5.41, 5.74) is 3.00. The van der Waals surface area contributed by atoms with Crippen molar-refractivity contribution in [3.05, 3.63) is 77.5 Å². The van der Waals surface area contributed by atoms with Gasteiger partial charge in [-0.2, -0.15) is 4.31 Å². The normalized spacial score (nSPS) is 15.4. The number of hydrogen-bond donors (Lipinski definition) is 0. The summed E-state index contributed by atoms with van der Waals surface area (Å²) in [6.45, 7) is 4.53. The van der Waals surface area contributed by atoms with Crippen molar-refractivity contribution in [2.45, 2.75) is 38.1 Å². The Labute approximate surface area is 213 Å². The second-order valence-electron chi connectivity index (χ2n) is 8.99. The third kappa shape index (κ3) is 4.56. The molecule has 0 spiro atoms. The molecule has 4 aromatic rings. The number of aryl methyl sites for hydroxylation is 2. The average molecular weight is 528 g/mol. The van der Waals surface area contributed by atoms with Gasteiger partial charge in [-0.15, -0.1) is 0 Å². The molecule has 36 heavy (non-hydrogen) atoms. The van der Waals surface area contributed by atoms with Crippen LogP contribution in [-0.2, 0) is 21.4 Å². The van der Waals surface area contributed by atoms with Crippen LogP contribution in [0.1, 0.15) is 29.7 Å². The van der Waals surface area contributed by atoms with Crippen LogP contribution in [0.3, 0.4) is 0 Å². The molecule has 1 saturated heterocycles. The van der Waals surface area contributed by atoms with Crippen LogP contribution >= 0.6 is 11.3 Å². The van der Waals surface area contributed by atoms with Crippen molar-refractivity contribution in [2.24, 2.45) is 5.92 Å². The van der Waals surface area contributed by atoms with Crippen LogP contribution in [0.4, 0.5) is 9.52 Å². The number of rotatable bonds is 6. The van der Waals surface area contributed by atoms with Gasteiger partial charge in [0.1, 0.15) is 16.5 Å². The first-order chi connectivity index (χ1) is 17.3. The highest BCUT2D eigenvalue weighted by molar-refractivity contribution is 7.89. The fraction of sp³-hybridized carbons (Fsp3) is 0.308. The molecule has 2 aromatic carbocycles. The van der Waals surface area contributed by atoms with Gasteiger partial charge in [0.2, 0.25) is 15.9 Å². The molecule has 1 aliphatic rings. The second kappa shape index (κ2) is 9.76. The van der Waals surface area contributed by atoms with E-state index >= 15 is 0 Å². The Morgan fingerprint density at radius 2 is 1.83 bits per heavy atom. The maximum absolute atomic E-state index is 14.2. The number of fused-ring (bicyclic) bond motifs is 1. The van der Waals surface area contributed by atoms with Gasteiger partial charge in [-0.25, -0.2) is 17.8 Å². The number of carbonyl (C=O) groups is 1. The lowest BCUT2D eigenvalue weighted by Crippen LogP contribution is -2.44. The summed E-state index contributed by atoms with van der Waals surface area (Å²) in [7, 11) is -3.97. The Morgan fingerprint density at radius 3 is 2.50 bits per heavy atom. The van der Waals surface area contributed by atoms with Gasteiger partial charge >= 0.3 is 0 Å². The minimum atomic E-state index is -3.97. The van der Waals surface area contributed by atoms with Crippen LogP contribution in [0.15, 0.2) is 64.1 Å². The van der Waals surface area contributed by atoms with E-state index in [4.69, 9.17) is 9.40 Å². The number of sulfonamides is 1. The Hall–Kier alpha value is -3.08. The molecule has 1 aliphatic heterocycles. The summed E-state index contributed by atoms with van der Waals surface area (Å²) in [6.07, 6.45) is 2.24. The molecule has 188 valence electrons. The fourth-order valence-electron chi connectivity index (χ4n) is 4.52. The molecule has 0 aliphatic carbocycles. The molecular formula is C26H26FN3O4S2. The highest BCUT2D eigenvalue weighted by Gasteiger charge is 2.36. The number of benzene rings is 2. The van der Waals surface area contributed by atoms with Crippen LogP contribution < -0.4 is 4.90 Å². The second-order valence-corrected chi connectivity index (χ2v) is 11.9. The lowest BCUT2D eigenvalue weighted by molar-refractivity contribution is -0.123. The van der Waals surface area contributed by atoms with Crippen molar-refractivity contribution in [3.63, 3.8) is 0 Å². The molecular weight excluding hydrogens is 501 g/mol. The van der Waals surface area contributed by atoms with Crippen molar-refractivity contribution in [1.29, 1.82) is 0 Å². The number of hydrogen-bond acceptors (Lipinski definition) is 6. The quantitative estimate of drug-likeness (QED) is 0.341. The molecule has 2 aromatic heterocycles. The van der Waals surface area contributed by atoms with Gasteiger partial charge in [0.05, 0.1) is 23.0 Å². The van der Waals surface area contributed by atoms with E-state index < -0.39 is 15.8 Å². The molecule has 7 nitrogen and oxygen atoms in total. The molecule has 0 bridgehead atoms. The van der Waals surface area contributed by atoms with Gasteiger partial charge in [0.15, 0.2) is 5.13 Å². The number of halogens is 1. The van der Waals surface area contributed by atoms with E-state index in [0.29, 0.717) is 23.7 Å². The lowest BCUT2D eigenvalue weighted by Gasteiger charge is -2.32. The Kier molecular flexibility index (Phi) is 6.67.